The first-order valence-corrected chi connectivity index (χ1v) is 9.32. The molecule has 0 saturated carbocycles. The van der Waals surface area contributed by atoms with Crippen molar-refractivity contribution in [3.8, 4) is 11.5 Å². The van der Waals surface area contributed by atoms with Gasteiger partial charge in [0.15, 0.2) is 0 Å². The molecule has 0 heterocycles. The Morgan fingerprint density at radius 3 is 2.07 bits per heavy atom. The van der Waals surface area contributed by atoms with Gasteiger partial charge in [0.1, 0.15) is 17.1 Å². The van der Waals surface area contributed by atoms with Crippen LogP contribution in [0.3, 0.4) is 0 Å². The summed E-state index contributed by atoms with van der Waals surface area (Å²) in [5.41, 5.74) is 1.34. The highest BCUT2D eigenvalue weighted by atomic mass is 16.6. The number of hydrogen-bond acceptors (Lipinski definition) is 4. The van der Waals surface area contributed by atoms with Crippen LogP contribution >= 0.6 is 0 Å². The lowest BCUT2D eigenvalue weighted by Crippen LogP contribution is -2.33. The maximum atomic E-state index is 12.0. The maximum absolute atomic E-state index is 12.0. The number of carbonyl (C=O) groups excluding carboxylic acids is 2. The fraction of sp³-hybridized carbons (Fsp3) is 0.364. The number of hydrogen-bond donors (Lipinski definition) is 2. The van der Waals surface area contributed by atoms with Crippen LogP contribution in [0.1, 0.15) is 39.2 Å². The molecule has 0 bridgehead atoms. The van der Waals surface area contributed by atoms with Gasteiger partial charge in [0.2, 0.25) is 5.91 Å². The highest BCUT2D eigenvalue weighted by molar-refractivity contribution is 5.90. The first-order chi connectivity index (χ1) is 13.2. The molecule has 2 aromatic carbocycles. The van der Waals surface area contributed by atoms with Gasteiger partial charge in [0.05, 0.1) is 0 Å². The van der Waals surface area contributed by atoms with E-state index in [1.807, 2.05) is 31.2 Å². The highest BCUT2D eigenvalue weighted by Crippen LogP contribution is 2.23. The second kappa shape index (κ2) is 9.78. The van der Waals surface area contributed by atoms with Gasteiger partial charge in [-0.25, -0.2) is 4.79 Å². The van der Waals surface area contributed by atoms with Crippen molar-refractivity contribution in [2.45, 2.75) is 46.1 Å². The summed E-state index contributed by atoms with van der Waals surface area (Å²) >= 11 is 0. The van der Waals surface area contributed by atoms with Crippen LogP contribution in [-0.2, 0) is 9.53 Å². The van der Waals surface area contributed by atoms with Crippen LogP contribution in [-0.4, -0.2) is 24.1 Å². The van der Waals surface area contributed by atoms with Crippen molar-refractivity contribution in [3.63, 3.8) is 0 Å². The minimum atomic E-state index is -0.531. The third-order valence-electron chi connectivity index (χ3n) is 3.64. The average Bonchev–Trinajstić information content (AvgIpc) is 2.61. The quantitative estimate of drug-likeness (QED) is 0.656. The molecule has 2 aromatic rings. The zero-order valence-corrected chi connectivity index (χ0v) is 16.9. The molecule has 6 heteroatoms. The molecule has 150 valence electrons. The third-order valence-corrected chi connectivity index (χ3v) is 3.64. The number of aryl methyl sites for hydroxylation is 1. The molecule has 2 rings (SSSR count). The van der Waals surface area contributed by atoms with Crippen molar-refractivity contribution < 1.29 is 19.1 Å². The highest BCUT2D eigenvalue weighted by Gasteiger charge is 2.15. The molecule has 6 nitrogen and oxygen atoms in total. The number of rotatable bonds is 7. The average molecular weight is 384 g/mol. The lowest BCUT2D eigenvalue weighted by atomic mass is 10.2. The second-order valence-electron chi connectivity index (χ2n) is 7.52. The summed E-state index contributed by atoms with van der Waals surface area (Å²) in [6.45, 7) is 7.81. The predicted octanol–water partition coefficient (Wildman–Crippen LogP) is 5.03. The zero-order chi connectivity index (χ0) is 20.6. The Morgan fingerprint density at radius 2 is 1.50 bits per heavy atom. The predicted molar refractivity (Wildman–Crippen MR) is 110 cm³/mol. The monoisotopic (exact) mass is 384 g/mol. The molecule has 0 aliphatic heterocycles. The van der Waals surface area contributed by atoms with Crippen LogP contribution in [0.2, 0.25) is 0 Å². The molecular formula is C22H28N2O4. The van der Waals surface area contributed by atoms with E-state index in [0.717, 1.165) is 5.75 Å². The van der Waals surface area contributed by atoms with Crippen molar-refractivity contribution in [1.82, 2.24) is 5.32 Å². The van der Waals surface area contributed by atoms with E-state index in [0.29, 0.717) is 30.8 Å². The molecule has 2 N–H and O–H groups in total. The van der Waals surface area contributed by atoms with Crippen LogP contribution in [0.5, 0.6) is 11.5 Å². The topological polar surface area (TPSA) is 76.7 Å². The Labute approximate surface area is 166 Å². The van der Waals surface area contributed by atoms with Crippen molar-refractivity contribution in [1.29, 1.82) is 0 Å². The van der Waals surface area contributed by atoms with E-state index < -0.39 is 11.7 Å². The van der Waals surface area contributed by atoms with Crippen LogP contribution in [0, 0.1) is 6.92 Å². The molecule has 28 heavy (non-hydrogen) atoms. The summed E-state index contributed by atoms with van der Waals surface area (Å²) in [5, 5.41) is 5.46. The number of anilines is 1. The fourth-order valence-corrected chi connectivity index (χ4v) is 2.33. The smallest absolute Gasteiger partial charge is 0.407 e. The van der Waals surface area contributed by atoms with E-state index in [9.17, 15) is 9.59 Å². The van der Waals surface area contributed by atoms with Crippen LogP contribution in [0.15, 0.2) is 48.5 Å². The molecule has 0 aromatic heterocycles. The van der Waals surface area contributed by atoms with E-state index in [1.165, 1.54) is 5.56 Å². The number of ether oxygens (including phenoxy) is 2. The van der Waals surface area contributed by atoms with E-state index >= 15 is 0 Å². The van der Waals surface area contributed by atoms with Crippen molar-refractivity contribution in [2.24, 2.45) is 0 Å². The molecule has 2 amide bonds. The molecule has 0 fully saturated rings. The summed E-state index contributed by atoms with van der Waals surface area (Å²) in [5.74, 6) is 1.35. The Bertz CT molecular complexity index is 778. The number of benzene rings is 2. The van der Waals surface area contributed by atoms with Crippen LogP contribution in [0.25, 0.3) is 0 Å². The van der Waals surface area contributed by atoms with Crippen molar-refractivity contribution in [2.75, 3.05) is 11.9 Å². The SMILES string of the molecule is Cc1ccc(Oc2ccc(NC(=O)CCCNC(=O)OC(C)(C)C)cc2)cc1. The van der Waals surface area contributed by atoms with Crippen molar-refractivity contribution >= 4 is 17.7 Å². The number of amides is 2. The van der Waals surface area contributed by atoms with E-state index in [4.69, 9.17) is 9.47 Å². The van der Waals surface area contributed by atoms with E-state index in [-0.39, 0.29) is 5.91 Å². The lowest BCUT2D eigenvalue weighted by molar-refractivity contribution is -0.116. The van der Waals surface area contributed by atoms with Gasteiger partial charge in [-0.3, -0.25) is 4.79 Å². The minimum Gasteiger partial charge on any atom is -0.457 e. The molecule has 0 saturated heterocycles. The molecule has 0 spiro atoms. The summed E-state index contributed by atoms with van der Waals surface area (Å²) in [4.78, 5) is 23.5. The zero-order valence-electron chi connectivity index (χ0n) is 16.9. The van der Waals surface area contributed by atoms with Gasteiger partial charge >= 0.3 is 6.09 Å². The van der Waals surface area contributed by atoms with Crippen LogP contribution < -0.4 is 15.4 Å². The second-order valence-corrected chi connectivity index (χ2v) is 7.52. The Balaban J connectivity index is 1.70. The van der Waals surface area contributed by atoms with Gasteiger partial charge in [-0.1, -0.05) is 17.7 Å². The Hall–Kier alpha value is -3.02. The van der Waals surface area contributed by atoms with Gasteiger partial charge < -0.3 is 20.1 Å². The molecule has 0 aliphatic carbocycles. The molecule has 0 aliphatic rings. The van der Waals surface area contributed by atoms with Gasteiger partial charge in [-0.2, -0.15) is 0 Å². The number of nitrogens with one attached hydrogen (secondary N) is 2. The Kier molecular flexibility index (Phi) is 7.44. The summed E-state index contributed by atoms with van der Waals surface area (Å²) in [6.07, 6.45) is 0.356. The number of carbonyl (C=O) groups is 2. The minimum absolute atomic E-state index is 0.113. The first kappa shape index (κ1) is 21.3. The summed E-state index contributed by atoms with van der Waals surface area (Å²) < 4.78 is 10.9. The van der Waals surface area contributed by atoms with E-state index in [1.54, 1.807) is 45.0 Å². The molecule has 0 atom stereocenters. The molecule has 0 radical (unpaired) electrons. The fourth-order valence-electron chi connectivity index (χ4n) is 2.33. The third kappa shape index (κ3) is 8.12. The largest absolute Gasteiger partial charge is 0.457 e. The summed E-state index contributed by atoms with van der Waals surface area (Å²) in [6, 6.07) is 15.0. The standard InChI is InChI=1S/C22H28N2O4/c1-16-7-11-18(12-8-16)27-19-13-9-17(10-14-19)24-20(25)6-5-15-23-21(26)28-22(2,3)4/h7-14H,5-6,15H2,1-4H3,(H,23,26)(H,24,25). The molecular weight excluding hydrogens is 356 g/mol. The van der Waals surface area contributed by atoms with E-state index in [2.05, 4.69) is 10.6 Å². The van der Waals surface area contributed by atoms with Crippen molar-refractivity contribution in [3.05, 3.63) is 54.1 Å². The van der Waals surface area contributed by atoms with Gasteiger partial charge in [0.25, 0.3) is 0 Å². The van der Waals surface area contributed by atoms with Gasteiger partial charge in [-0.05, 0) is 70.5 Å². The molecule has 0 unspecified atom stereocenters. The van der Waals surface area contributed by atoms with Gasteiger partial charge in [0, 0.05) is 18.7 Å². The number of alkyl carbamates (subject to hydrolysis) is 1. The normalized spacial score (nSPS) is 10.9. The Morgan fingerprint density at radius 1 is 0.929 bits per heavy atom. The van der Waals surface area contributed by atoms with Crippen LogP contribution in [0.4, 0.5) is 10.5 Å². The maximum Gasteiger partial charge on any atom is 0.407 e. The first-order valence-electron chi connectivity index (χ1n) is 9.32. The summed E-state index contributed by atoms with van der Waals surface area (Å²) in [7, 11) is 0. The van der Waals surface area contributed by atoms with Gasteiger partial charge in [-0.15, -0.1) is 0 Å². The lowest BCUT2D eigenvalue weighted by Gasteiger charge is -2.19.